The fraction of sp³-hybridized carbons (Fsp3) is 0.188. The van der Waals surface area contributed by atoms with Gasteiger partial charge < -0.3 is 14.8 Å². The van der Waals surface area contributed by atoms with Crippen LogP contribution in [0.4, 0.5) is 5.69 Å². The summed E-state index contributed by atoms with van der Waals surface area (Å²) < 4.78 is 10.6. The Hall–Kier alpha value is -2.52. The maximum atomic E-state index is 12.4. The van der Waals surface area contributed by atoms with Crippen LogP contribution in [-0.2, 0) is 4.79 Å². The molecule has 7 nitrogen and oxygen atoms in total. The number of nitrogens with one attached hydrogen (secondary N) is 2. The van der Waals surface area contributed by atoms with Crippen molar-refractivity contribution in [2.45, 2.75) is 17.3 Å². The maximum Gasteiger partial charge on any atom is 0.237 e. The van der Waals surface area contributed by atoms with Gasteiger partial charge in [-0.05, 0) is 30.5 Å². The third kappa shape index (κ3) is 3.47. The van der Waals surface area contributed by atoms with Gasteiger partial charge in [-0.25, -0.2) is 4.98 Å². The first-order valence-electron chi connectivity index (χ1n) is 7.52. The summed E-state index contributed by atoms with van der Waals surface area (Å²) in [5.41, 5.74) is 0.663. The van der Waals surface area contributed by atoms with Crippen molar-refractivity contribution in [2.75, 3.05) is 12.1 Å². The summed E-state index contributed by atoms with van der Waals surface area (Å²) >= 11 is 2.88. The second-order valence-corrected chi connectivity index (χ2v) is 7.52. The van der Waals surface area contributed by atoms with Gasteiger partial charge in [0, 0.05) is 11.8 Å². The summed E-state index contributed by atoms with van der Waals surface area (Å²) in [7, 11) is 0. The number of aromatic nitrogens is 3. The molecule has 0 saturated heterocycles. The Bertz CT molecular complexity index is 895. The molecule has 2 aromatic heterocycles. The highest BCUT2D eigenvalue weighted by molar-refractivity contribution is 8.00. The Kier molecular flexibility index (Phi) is 4.33. The first kappa shape index (κ1) is 16.0. The third-order valence-electron chi connectivity index (χ3n) is 3.51. The quantitative estimate of drug-likeness (QED) is 0.666. The number of thiophene rings is 1. The van der Waals surface area contributed by atoms with Gasteiger partial charge in [0.15, 0.2) is 17.3 Å². The lowest BCUT2D eigenvalue weighted by Crippen LogP contribution is -2.22. The summed E-state index contributed by atoms with van der Waals surface area (Å²) in [6, 6.07) is 9.23. The highest BCUT2D eigenvalue weighted by Gasteiger charge is 2.19. The number of carbonyl (C=O) groups excluding carboxylic acids is 1. The maximum absolute atomic E-state index is 12.4. The molecule has 1 aliphatic heterocycles. The number of ether oxygens (including phenoxy) is 2. The predicted molar refractivity (Wildman–Crippen MR) is 96.2 cm³/mol. The highest BCUT2D eigenvalue weighted by atomic mass is 32.2. The highest BCUT2D eigenvalue weighted by Crippen LogP contribution is 2.34. The van der Waals surface area contributed by atoms with Crippen molar-refractivity contribution < 1.29 is 14.3 Å². The number of fused-ring (bicyclic) bond motifs is 1. The monoisotopic (exact) mass is 374 g/mol. The van der Waals surface area contributed by atoms with Gasteiger partial charge in [0.25, 0.3) is 0 Å². The number of hydrogen-bond donors (Lipinski definition) is 2. The normalized spacial score (nSPS) is 13.6. The van der Waals surface area contributed by atoms with E-state index in [1.807, 2.05) is 24.4 Å². The number of aromatic amines is 1. The molecule has 0 spiro atoms. The summed E-state index contributed by atoms with van der Waals surface area (Å²) in [6.07, 6.45) is 0. The number of amides is 1. The SMILES string of the molecule is C[C@@H](Sc1n[nH]c(-c2cccs2)n1)C(=O)Nc1ccc2c(c1)OCO2. The lowest BCUT2D eigenvalue weighted by Gasteiger charge is -2.10. The van der Waals surface area contributed by atoms with E-state index in [2.05, 4.69) is 20.5 Å². The molecule has 2 N–H and O–H groups in total. The molecule has 0 aliphatic carbocycles. The zero-order chi connectivity index (χ0) is 17.2. The predicted octanol–water partition coefficient (Wildman–Crippen LogP) is 3.38. The molecule has 0 bridgehead atoms. The van der Waals surface area contributed by atoms with Crippen LogP contribution in [0.3, 0.4) is 0 Å². The minimum atomic E-state index is -0.350. The second kappa shape index (κ2) is 6.77. The molecular weight excluding hydrogens is 360 g/mol. The Morgan fingerprint density at radius 2 is 2.24 bits per heavy atom. The molecule has 9 heteroatoms. The Morgan fingerprint density at radius 3 is 3.08 bits per heavy atom. The van der Waals surface area contributed by atoms with E-state index in [0.717, 1.165) is 4.88 Å². The minimum Gasteiger partial charge on any atom is -0.454 e. The molecule has 25 heavy (non-hydrogen) atoms. The number of rotatable bonds is 5. The molecule has 1 aliphatic rings. The molecule has 1 amide bonds. The number of hydrogen-bond acceptors (Lipinski definition) is 7. The Morgan fingerprint density at radius 1 is 1.36 bits per heavy atom. The van der Waals surface area contributed by atoms with Crippen molar-refractivity contribution in [3.05, 3.63) is 35.7 Å². The summed E-state index contributed by atoms with van der Waals surface area (Å²) in [5, 5.41) is 12.1. The average Bonchev–Trinajstić information content (AvgIpc) is 3.35. The van der Waals surface area contributed by atoms with Crippen molar-refractivity contribution in [1.82, 2.24) is 15.2 Å². The van der Waals surface area contributed by atoms with Gasteiger partial charge in [-0.15, -0.1) is 16.4 Å². The number of H-pyrrole nitrogens is 1. The van der Waals surface area contributed by atoms with Gasteiger partial charge in [-0.1, -0.05) is 17.8 Å². The lowest BCUT2D eigenvalue weighted by molar-refractivity contribution is -0.115. The van der Waals surface area contributed by atoms with Crippen molar-refractivity contribution in [3.8, 4) is 22.2 Å². The zero-order valence-corrected chi connectivity index (χ0v) is 14.8. The van der Waals surface area contributed by atoms with Gasteiger partial charge in [0.2, 0.25) is 17.9 Å². The van der Waals surface area contributed by atoms with Crippen molar-refractivity contribution in [1.29, 1.82) is 0 Å². The van der Waals surface area contributed by atoms with Crippen molar-refractivity contribution in [3.63, 3.8) is 0 Å². The van der Waals surface area contributed by atoms with Crippen LogP contribution in [0.5, 0.6) is 11.5 Å². The largest absolute Gasteiger partial charge is 0.454 e. The van der Waals surface area contributed by atoms with Crippen LogP contribution in [0.1, 0.15) is 6.92 Å². The molecular formula is C16H14N4O3S2. The molecule has 3 heterocycles. The molecule has 0 radical (unpaired) electrons. The number of thioether (sulfide) groups is 1. The Balaban J connectivity index is 1.39. The third-order valence-corrected chi connectivity index (χ3v) is 5.35. The van der Waals surface area contributed by atoms with Crippen LogP contribution in [0.25, 0.3) is 10.7 Å². The number of nitrogens with zero attached hydrogens (tertiary/aromatic N) is 2. The summed E-state index contributed by atoms with van der Waals surface area (Å²) in [4.78, 5) is 17.8. The van der Waals surface area contributed by atoms with Crippen LogP contribution < -0.4 is 14.8 Å². The molecule has 3 aromatic rings. The molecule has 1 aromatic carbocycles. The average molecular weight is 374 g/mol. The van der Waals surface area contributed by atoms with Crippen molar-refractivity contribution in [2.24, 2.45) is 0 Å². The second-order valence-electron chi connectivity index (χ2n) is 5.26. The smallest absolute Gasteiger partial charge is 0.237 e. The van der Waals surface area contributed by atoms with E-state index in [0.29, 0.717) is 28.2 Å². The van der Waals surface area contributed by atoms with Crippen LogP contribution >= 0.6 is 23.1 Å². The fourth-order valence-corrected chi connectivity index (χ4v) is 3.64. The summed E-state index contributed by atoms with van der Waals surface area (Å²) in [6.45, 7) is 2.02. The topological polar surface area (TPSA) is 89.1 Å². The molecule has 0 unspecified atom stereocenters. The number of benzene rings is 1. The fourth-order valence-electron chi connectivity index (χ4n) is 2.25. The van der Waals surface area contributed by atoms with Gasteiger partial charge in [0.05, 0.1) is 10.1 Å². The molecule has 4 rings (SSSR count). The van der Waals surface area contributed by atoms with E-state index >= 15 is 0 Å². The summed E-state index contributed by atoms with van der Waals surface area (Å²) in [5.74, 6) is 1.89. The van der Waals surface area contributed by atoms with Crippen LogP contribution in [0, 0.1) is 0 Å². The first-order chi connectivity index (χ1) is 12.2. The van der Waals surface area contributed by atoms with Gasteiger partial charge in [-0.3, -0.25) is 9.89 Å². The minimum absolute atomic E-state index is 0.133. The lowest BCUT2D eigenvalue weighted by atomic mass is 10.2. The molecule has 1 atom stereocenters. The zero-order valence-electron chi connectivity index (χ0n) is 13.2. The van der Waals surface area contributed by atoms with E-state index in [4.69, 9.17) is 9.47 Å². The van der Waals surface area contributed by atoms with E-state index in [9.17, 15) is 4.79 Å². The van der Waals surface area contributed by atoms with E-state index in [1.54, 1.807) is 29.5 Å². The van der Waals surface area contributed by atoms with E-state index in [1.165, 1.54) is 11.8 Å². The van der Waals surface area contributed by atoms with E-state index < -0.39 is 0 Å². The Labute approximate surface area is 151 Å². The van der Waals surface area contributed by atoms with Crippen LogP contribution in [-0.4, -0.2) is 33.1 Å². The first-order valence-corrected chi connectivity index (χ1v) is 9.28. The van der Waals surface area contributed by atoms with E-state index in [-0.39, 0.29) is 18.0 Å². The number of carbonyl (C=O) groups is 1. The van der Waals surface area contributed by atoms with Crippen molar-refractivity contribution >= 4 is 34.7 Å². The molecule has 0 fully saturated rings. The van der Waals surface area contributed by atoms with Gasteiger partial charge in [0.1, 0.15) is 0 Å². The van der Waals surface area contributed by atoms with Gasteiger partial charge in [-0.2, -0.15) is 0 Å². The van der Waals surface area contributed by atoms with Gasteiger partial charge >= 0.3 is 0 Å². The molecule has 0 saturated carbocycles. The van der Waals surface area contributed by atoms with Crippen LogP contribution in [0.2, 0.25) is 0 Å². The molecule has 128 valence electrons. The number of anilines is 1. The van der Waals surface area contributed by atoms with Crippen LogP contribution in [0.15, 0.2) is 40.9 Å². The standard InChI is InChI=1S/C16H14N4O3S2/c1-9(25-16-18-14(19-20-16)13-3-2-6-24-13)15(21)17-10-4-5-11-12(7-10)23-8-22-11/h2-7,9H,8H2,1H3,(H,17,21)(H,18,19,20)/t9-/m1/s1.